The summed E-state index contributed by atoms with van der Waals surface area (Å²) < 4.78 is 0. The van der Waals surface area contributed by atoms with Gasteiger partial charge < -0.3 is 0 Å². The summed E-state index contributed by atoms with van der Waals surface area (Å²) in [4.78, 5) is 22.8. The van der Waals surface area contributed by atoms with Crippen LogP contribution >= 0.6 is 0 Å². The summed E-state index contributed by atoms with van der Waals surface area (Å²) in [5.74, 6) is -0.418. The molecule has 1 unspecified atom stereocenters. The molecule has 0 spiro atoms. The van der Waals surface area contributed by atoms with Crippen molar-refractivity contribution in [1.82, 2.24) is 10.6 Å². The Hall–Kier alpha value is -1.68. The molecule has 0 aliphatic carbocycles. The Morgan fingerprint density at radius 2 is 2.00 bits per heavy atom. The Morgan fingerprint density at radius 1 is 1.29 bits per heavy atom. The number of piperidine rings is 1. The highest BCUT2D eigenvalue weighted by Crippen LogP contribution is 2.17. The molecule has 1 aromatic rings. The van der Waals surface area contributed by atoms with Crippen LogP contribution in [0, 0.1) is 0 Å². The summed E-state index contributed by atoms with van der Waals surface area (Å²) in [6.07, 6.45) is 0.939. The molecule has 2 rings (SSSR count). The molecule has 1 heterocycles. The van der Waals surface area contributed by atoms with Crippen LogP contribution in [0.25, 0.3) is 0 Å². The summed E-state index contributed by atoms with van der Waals surface area (Å²) in [6, 6.07) is 9.88. The maximum absolute atomic E-state index is 11.8. The van der Waals surface area contributed by atoms with E-state index in [0.717, 1.165) is 5.56 Å². The minimum absolute atomic E-state index is 0.186. The van der Waals surface area contributed by atoms with E-state index in [9.17, 15) is 9.59 Å². The molecule has 1 atom stereocenters. The van der Waals surface area contributed by atoms with Gasteiger partial charge in [-0.05, 0) is 18.9 Å². The third-order valence-corrected chi connectivity index (χ3v) is 3.13. The zero-order chi connectivity index (χ0) is 12.3. The lowest BCUT2D eigenvalue weighted by Gasteiger charge is -2.32. The summed E-state index contributed by atoms with van der Waals surface area (Å²) in [5.41, 5.74) is 0.474. The number of carbonyl (C=O) groups is 2. The van der Waals surface area contributed by atoms with E-state index >= 15 is 0 Å². The number of amides is 2. The maximum Gasteiger partial charge on any atom is 0.246 e. The molecule has 90 valence electrons. The zero-order valence-electron chi connectivity index (χ0n) is 9.82. The second-order valence-corrected chi connectivity index (χ2v) is 4.55. The summed E-state index contributed by atoms with van der Waals surface area (Å²) in [5, 5.41) is 5.59. The van der Waals surface area contributed by atoms with Crippen molar-refractivity contribution in [2.45, 2.75) is 31.8 Å². The number of carbonyl (C=O) groups excluding carboxylic acids is 2. The van der Waals surface area contributed by atoms with Gasteiger partial charge in [0.25, 0.3) is 0 Å². The van der Waals surface area contributed by atoms with Gasteiger partial charge in [-0.2, -0.15) is 0 Å². The average Bonchev–Trinajstić information content (AvgIpc) is 2.34. The predicted molar refractivity (Wildman–Crippen MR) is 64.1 cm³/mol. The third-order valence-electron chi connectivity index (χ3n) is 3.13. The van der Waals surface area contributed by atoms with Crippen molar-refractivity contribution in [2.24, 2.45) is 0 Å². The molecule has 0 bridgehead atoms. The fraction of sp³-hybridized carbons (Fsp3) is 0.385. The van der Waals surface area contributed by atoms with Crippen LogP contribution in [0.15, 0.2) is 30.3 Å². The van der Waals surface area contributed by atoms with Gasteiger partial charge in [-0.15, -0.1) is 0 Å². The van der Waals surface area contributed by atoms with Crippen molar-refractivity contribution >= 4 is 11.8 Å². The monoisotopic (exact) mass is 232 g/mol. The second-order valence-electron chi connectivity index (χ2n) is 4.55. The predicted octanol–water partition coefficient (Wildman–Crippen LogP) is 0.971. The standard InChI is InChI=1S/C13H16N2O2/c1-13(8-7-11(16)15-12(13)17)14-9-10-5-3-2-4-6-10/h2-6,14H,7-9H2,1H3,(H,15,16,17). The van der Waals surface area contributed by atoms with Gasteiger partial charge >= 0.3 is 0 Å². The number of benzene rings is 1. The van der Waals surface area contributed by atoms with E-state index in [0.29, 0.717) is 19.4 Å². The number of hydrogen-bond donors (Lipinski definition) is 2. The molecule has 1 saturated heterocycles. The van der Waals surface area contributed by atoms with Crippen molar-refractivity contribution in [3.05, 3.63) is 35.9 Å². The normalized spacial score (nSPS) is 24.5. The van der Waals surface area contributed by atoms with Crippen LogP contribution in [0.4, 0.5) is 0 Å². The van der Waals surface area contributed by atoms with Crippen molar-refractivity contribution in [2.75, 3.05) is 0 Å². The first kappa shape index (κ1) is 11.8. The Morgan fingerprint density at radius 3 is 2.65 bits per heavy atom. The van der Waals surface area contributed by atoms with Crippen LogP contribution in [0.5, 0.6) is 0 Å². The molecule has 4 nitrogen and oxygen atoms in total. The molecule has 1 aliphatic rings. The lowest BCUT2D eigenvalue weighted by atomic mass is 9.91. The van der Waals surface area contributed by atoms with Gasteiger partial charge in [0.15, 0.2) is 0 Å². The molecule has 0 aromatic heterocycles. The molecule has 4 heteroatoms. The van der Waals surface area contributed by atoms with E-state index in [4.69, 9.17) is 0 Å². The van der Waals surface area contributed by atoms with Gasteiger partial charge in [0.2, 0.25) is 11.8 Å². The maximum atomic E-state index is 11.8. The second kappa shape index (κ2) is 4.67. The van der Waals surface area contributed by atoms with Crippen LogP contribution in [0.1, 0.15) is 25.3 Å². The smallest absolute Gasteiger partial charge is 0.246 e. The molecule has 1 aromatic carbocycles. The first-order chi connectivity index (χ1) is 8.10. The Labute approximate surface area is 100 Å². The topological polar surface area (TPSA) is 58.2 Å². The first-order valence-corrected chi connectivity index (χ1v) is 5.73. The Balaban J connectivity index is 1.98. The van der Waals surface area contributed by atoms with Gasteiger partial charge in [-0.3, -0.25) is 20.2 Å². The molecule has 17 heavy (non-hydrogen) atoms. The van der Waals surface area contributed by atoms with Crippen LogP contribution in [-0.4, -0.2) is 17.4 Å². The molecular weight excluding hydrogens is 216 g/mol. The van der Waals surface area contributed by atoms with Crippen molar-refractivity contribution < 1.29 is 9.59 Å². The third kappa shape index (κ3) is 2.71. The van der Waals surface area contributed by atoms with E-state index in [1.54, 1.807) is 0 Å². The van der Waals surface area contributed by atoms with E-state index < -0.39 is 5.54 Å². The largest absolute Gasteiger partial charge is 0.299 e. The Bertz CT molecular complexity index is 430. The SMILES string of the molecule is CC1(NCc2ccccc2)CCC(=O)NC1=O. The van der Waals surface area contributed by atoms with Gasteiger partial charge in [0.1, 0.15) is 0 Å². The van der Waals surface area contributed by atoms with Crippen LogP contribution < -0.4 is 10.6 Å². The highest BCUT2D eigenvalue weighted by atomic mass is 16.2. The fourth-order valence-corrected chi connectivity index (χ4v) is 1.87. The molecule has 1 fully saturated rings. The van der Waals surface area contributed by atoms with E-state index in [2.05, 4.69) is 10.6 Å². The quantitative estimate of drug-likeness (QED) is 0.763. The summed E-state index contributed by atoms with van der Waals surface area (Å²) in [6.45, 7) is 2.46. The number of nitrogens with one attached hydrogen (secondary N) is 2. The lowest BCUT2D eigenvalue weighted by molar-refractivity contribution is -0.138. The fourth-order valence-electron chi connectivity index (χ4n) is 1.87. The minimum Gasteiger partial charge on any atom is -0.299 e. The first-order valence-electron chi connectivity index (χ1n) is 5.73. The lowest BCUT2D eigenvalue weighted by Crippen LogP contribution is -2.59. The van der Waals surface area contributed by atoms with E-state index in [1.807, 2.05) is 37.3 Å². The van der Waals surface area contributed by atoms with Crippen LogP contribution in [-0.2, 0) is 16.1 Å². The van der Waals surface area contributed by atoms with Gasteiger partial charge in [0.05, 0.1) is 5.54 Å². The molecule has 0 radical (unpaired) electrons. The highest BCUT2D eigenvalue weighted by Gasteiger charge is 2.37. The van der Waals surface area contributed by atoms with Crippen molar-refractivity contribution in [1.29, 1.82) is 0 Å². The number of hydrogen-bond acceptors (Lipinski definition) is 3. The highest BCUT2D eigenvalue weighted by molar-refractivity contribution is 6.02. The van der Waals surface area contributed by atoms with Gasteiger partial charge in [-0.25, -0.2) is 0 Å². The molecule has 2 amide bonds. The van der Waals surface area contributed by atoms with Crippen LogP contribution in [0.3, 0.4) is 0 Å². The molecule has 0 saturated carbocycles. The van der Waals surface area contributed by atoms with Crippen molar-refractivity contribution in [3.63, 3.8) is 0 Å². The molecule has 1 aliphatic heterocycles. The minimum atomic E-state index is -0.649. The molecule has 2 N–H and O–H groups in total. The molecular formula is C13H16N2O2. The van der Waals surface area contributed by atoms with Crippen LogP contribution in [0.2, 0.25) is 0 Å². The summed E-state index contributed by atoms with van der Waals surface area (Å²) >= 11 is 0. The number of rotatable bonds is 3. The average molecular weight is 232 g/mol. The number of imide groups is 1. The summed E-state index contributed by atoms with van der Waals surface area (Å²) in [7, 11) is 0. The van der Waals surface area contributed by atoms with E-state index in [1.165, 1.54) is 0 Å². The van der Waals surface area contributed by atoms with Gasteiger partial charge in [-0.1, -0.05) is 30.3 Å². The zero-order valence-corrected chi connectivity index (χ0v) is 9.82. The van der Waals surface area contributed by atoms with Gasteiger partial charge in [0, 0.05) is 13.0 Å². The Kier molecular flexibility index (Phi) is 3.24. The van der Waals surface area contributed by atoms with Crippen molar-refractivity contribution in [3.8, 4) is 0 Å². The van der Waals surface area contributed by atoms with E-state index in [-0.39, 0.29) is 11.8 Å².